The molecule has 2 nitrogen and oxygen atoms in total. The Morgan fingerprint density at radius 1 is 1.11 bits per heavy atom. The summed E-state index contributed by atoms with van der Waals surface area (Å²) in [4.78, 5) is 11.6. The van der Waals surface area contributed by atoms with E-state index in [0.29, 0.717) is 16.2 Å². The van der Waals surface area contributed by atoms with E-state index in [-0.39, 0.29) is 5.56 Å². The monoisotopic (exact) mass is 280 g/mol. The molecule has 0 atom stereocenters. The summed E-state index contributed by atoms with van der Waals surface area (Å²) in [7, 11) is 0. The van der Waals surface area contributed by atoms with Crippen molar-refractivity contribution in [3.63, 3.8) is 0 Å². The maximum Gasteiger partial charge on any atom is 0.336 e. The molecule has 5 heteroatoms. The van der Waals surface area contributed by atoms with Crippen molar-refractivity contribution in [3.8, 4) is 0 Å². The van der Waals surface area contributed by atoms with E-state index in [4.69, 9.17) is 5.11 Å². The van der Waals surface area contributed by atoms with Crippen LogP contribution in [0.1, 0.15) is 15.9 Å². The third kappa shape index (κ3) is 3.54. The van der Waals surface area contributed by atoms with Crippen LogP contribution < -0.4 is 0 Å². The van der Waals surface area contributed by atoms with Gasteiger partial charge in [0, 0.05) is 16.7 Å². The fourth-order valence-electron chi connectivity index (χ4n) is 1.62. The largest absolute Gasteiger partial charge is 0.478 e. The van der Waals surface area contributed by atoms with Crippen LogP contribution >= 0.6 is 11.8 Å². The first-order valence-corrected chi connectivity index (χ1v) is 6.45. The Labute approximate surface area is 113 Å². The fourth-order valence-corrected chi connectivity index (χ4v) is 2.60. The normalized spacial score (nSPS) is 10.4. The number of rotatable bonds is 4. The second-order valence-corrected chi connectivity index (χ2v) is 4.88. The Kier molecular flexibility index (Phi) is 4.16. The molecule has 0 saturated heterocycles. The molecule has 0 aromatic heterocycles. The predicted molar refractivity (Wildman–Crippen MR) is 69.3 cm³/mol. The zero-order chi connectivity index (χ0) is 13.8. The molecule has 0 radical (unpaired) electrons. The lowest BCUT2D eigenvalue weighted by atomic mass is 10.2. The molecule has 0 bridgehead atoms. The van der Waals surface area contributed by atoms with Gasteiger partial charge < -0.3 is 5.11 Å². The van der Waals surface area contributed by atoms with Gasteiger partial charge in [0.05, 0.1) is 5.56 Å². The highest BCUT2D eigenvalue weighted by molar-refractivity contribution is 7.98. The number of benzene rings is 2. The first-order valence-electron chi connectivity index (χ1n) is 5.46. The van der Waals surface area contributed by atoms with Crippen LogP contribution in [0.15, 0.2) is 47.4 Å². The average molecular weight is 280 g/mol. The SMILES string of the molecule is O=C(O)c1ccccc1SCc1cc(F)cc(F)c1. The number of carboxylic acid groups (broad SMARTS) is 1. The van der Waals surface area contributed by atoms with Crippen LogP contribution in [-0.2, 0) is 5.75 Å². The Morgan fingerprint density at radius 3 is 2.37 bits per heavy atom. The highest BCUT2D eigenvalue weighted by atomic mass is 32.2. The van der Waals surface area contributed by atoms with Gasteiger partial charge in [0.1, 0.15) is 11.6 Å². The minimum Gasteiger partial charge on any atom is -0.478 e. The van der Waals surface area contributed by atoms with Crippen molar-refractivity contribution >= 4 is 17.7 Å². The minimum absolute atomic E-state index is 0.185. The lowest BCUT2D eigenvalue weighted by Crippen LogP contribution is -1.98. The van der Waals surface area contributed by atoms with E-state index in [9.17, 15) is 13.6 Å². The van der Waals surface area contributed by atoms with Crippen molar-refractivity contribution < 1.29 is 18.7 Å². The number of thioether (sulfide) groups is 1. The van der Waals surface area contributed by atoms with Crippen LogP contribution in [-0.4, -0.2) is 11.1 Å². The number of carbonyl (C=O) groups is 1. The molecule has 19 heavy (non-hydrogen) atoms. The van der Waals surface area contributed by atoms with Crippen molar-refractivity contribution in [1.82, 2.24) is 0 Å². The first kappa shape index (κ1) is 13.5. The standard InChI is InChI=1S/C14H10F2O2S/c15-10-5-9(6-11(16)7-10)8-19-13-4-2-1-3-12(13)14(17)18/h1-7H,8H2,(H,17,18). The molecular formula is C14H10F2O2S. The summed E-state index contributed by atoms with van der Waals surface area (Å²) in [6, 6.07) is 9.80. The lowest BCUT2D eigenvalue weighted by Gasteiger charge is -2.06. The average Bonchev–Trinajstić information content (AvgIpc) is 2.35. The Balaban J connectivity index is 2.16. The van der Waals surface area contributed by atoms with Crippen LogP contribution in [0.2, 0.25) is 0 Å². The van der Waals surface area contributed by atoms with Crippen molar-refractivity contribution in [2.75, 3.05) is 0 Å². The number of hydrogen-bond acceptors (Lipinski definition) is 2. The summed E-state index contributed by atoms with van der Waals surface area (Å²) < 4.78 is 26.0. The second kappa shape index (κ2) is 5.84. The molecule has 0 spiro atoms. The molecule has 98 valence electrons. The third-order valence-electron chi connectivity index (χ3n) is 2.43. The molecule has 2 aromatic rings. The van der Waals surface area contributed by atoms with Gasteiger partial charge in [0.25, 0.3) is 0 Å². The number of hydrogen-bond donors (Lipinski definition) is 1. The molecule has 0 heterocycles. The van der Waals surface area contributed by atoms with Crippen molar-refractivity contribution in [2.45, 2.75) is 10.6 Å². The van der Waals surface area contributed by atoms with Crippen LogP contribution in [0.5, 0.6) is 0 Å². The van der Waals surface area contributed by atoms with E-state index in [0.717, 1.165) is 6.07 Å². The molecule has 0 unspecified atom stereocenters. The summed E-state index contributed by atoms with van der Waals surface area (Å²) in [5, 5.41) is 9.02. The highest BCUT2D eigenvalue weighted by Crippen LogP contribution is 2.26. The first-order chi connectivity index (χ1) is 9.06. The number of halogens is 2. The molecular weight excluding hydrogens is 270 g/mol. The van der Waals surface area contributed by atoms with Crippen LogP contribution in [0.4, 0.5) is 8.78 Å². The lowest BCUT2D eigenvalue weighted by molar-refractivity contribution is 0.0693. The maximum atomic E-state index is 13.0. The Hall–Kier alpha value is -1.88. The van der Waals surface area contributed by atoms with Gasteiger partial charge in [-0.05, 0) is 29.8 Å². The minimum atomic E-state index is -1.02. The van der Waals surface area contributed by atoms with Gasteiger partial charge in [-0.3, -0.25) is 0 Å². The molecule has 0 saturated carbocycles. The predicted octanol–water partition coefficient (Wildman–Crippen LogP) is 3.96. The Morgan fingerprint density at radius 2 is 1.74 bits per heavy atom. The van der Waals surface area contributed by atoms with Gasteiger partial charge >= 0.3 is 5.97 Å². The topological polar surface area (TPSA) is 37.3 Å². The Bertz CT molecular complexity index is 594. The maximum absolute atomic E-state index is 13.0. The molecule has 0 fully saturated rings. The van der Waals surface area contributed by atoms with Gasteiger partial charge in [0.15, 0.2) is 0 Å². The number of aromatic carboxylic acids is 1. The summed E-state index contributed by atoms with van der Waals surface area (Å²) >= 11 is 1.23. The highest BCUT2D eigenvalue weighted by Gasteiger charge is 2.10. The molecule has 0 aliphatic heterocycles. The third-order valence-corrected chi connectivity index (χ3v) is 3.58. The molecule has 2 rings (SSSR count). The van der Waals surface area contributed by atoms with Crippen molar-refractivity contribution in [3.05, 3.63) is 65.2 Å². The van der Waals surface area contributed by atoms with Crippen LogP contribution in [0.25, 0.3) is 0 Å². The second-order valence-electron chi connectivity index (χ2n) is 3.87. The number of carboxylic acids is 1. The van der Waals surface area contributed by atoms with Gasteiger partial charge in [0.2, 0.25) is 0 Å². The molecule has 0 aliphatic carbocycles. The van der Waals surface area contributed by atoms with E-state index in [1.807, 2.05) is 0 Å². The van der Waals surface area contributed by atoms with Gasteiger partial charge in [-0.25, -0.2) is 13.6 Å². The quantitative estimate of drug-likeness (QED) is 0.861. The van der Waals surface area contributed by atoms with E-state index in [1.165, 1.54) is 30.0 Å². The van der Waals surface area contributed by atoms with Crippen molar-refractivity contribution in [1.29, 1.82) is 0 Å². The van der Waals surface area contributed by atoms with E-state index in [1.54, 1.807) is 18.2 Å². The summed E-state index contributed by atoms with van der Waals surface area (Å²) in [5.74, 6) is -1.99. The van der Waals surface area contributed by atoms with Crippen LogP contribution in [0.3, 0.4) is 0 Å². The van der Waals surface area contributed by atoms with E-state index in [2.05, 4.69) is 0 Å². The molecule has 1 N–H and O–H groups in total. The van der Waals surface area contributed by atoms with Crippen molar-refractivity contribution in [2.24, 2.45) is 0 Å². The van der Waals surface area contributed by atoms with E-state index >= 15 is 0 Å². The zero-order valence-electron chi connectivity index (χ0n) is 9.77. The molecule has 2 aromatic carbocycles. The van der Waals surface area contributed by atoms with Gasteiger partial charge in [-0.2, -0.15) is 0 Å². The summed E-state index contributed by atoms with van der Waals surface area (Å²) in [6.07, 6.45) is 0. The molecule has 0 amide bonds. The van der Waals surface area contributed by atoms with E-state index < -0.39 is 17.6 Å². The fraction of sp³-hybridized carbons (Fsp3) is 0.0714. The smallest absolute Gasteiger partial charge is 0.336 e. The van der Waals surface area contributed by atoms with Gasteiger partial charge in [-0.1, -0.05) is 12.1 Å². The summed E-state index contributed by atoms with van der Waals surface area (Å²) in [6.45, 7) is 0. The summed E-state index contributed by atoms with van der Waals surface area (Å²) in [5.41, 5.74) is 0.659. The molecule has 0 aliphatic rings. The van der Waals surface area contributed by atoms with Gasteiger partial charge in [-0.15, -0.1) is 11.8 Å². The zero-order valence-corrected chi connectivity index (χ0v) is 10.6. The van der Waals surface area contributed by atoms with Crippen LogP contribution in [0, 0.1) is 11.6 Å².